The summed E-state index contributed by atoms with van der Waals surface area (Å²) < 4.78 is 19.9. The van der Waals surface area contributed by atoms with Crippen LogP contribution < -0.4 is 4.74 Å². The second-order valence-corrected chi connectivity index (χ2v) is 5.48. The van der Waals surface area contributed by atoms with Crippen molar-refractivity contribution < 1.29 is 9.13 Å². The second kappa shape index (κ2) is 6.04. The predicted octanol–water partition coefficient (Wildman–Crippen LogP) is 5.93. The van der Waals surface area contributed by atoms with Crippen molar-refractivity contribution in [1.82, 2.24) is 0 Å². The third kappa shape index (κ3) is 3.25. The summed E-state index contributed by atoms with van der Waals surface area (Å²) in [6.07, 6.45) is 0. The number of halogens is 4. The summed E-state index contributed by atoms with van der Waals surface area (Å²) in [5, 5.41) is 1.20. The van der Waals surface area contributed by atoms with E-state index in [9.17, 15) is 4.39 Å². The summed E-state index contributed by atoms with van der Waals surface area (Å²) in [6.45, 7) is 0. The van der Waals surface area contributed by atoms with Crippen LogP contribution >= 0.6 is 43.5 Å². The summed E-state index contributed by atoms with van der Waals surface area (Å²) in [5.41, 5.74) is 0.866. The Morgan fingerprint density at radius 3 is 2.50 bits per heavy atom. The summed E-state index contributed by atoms with van der Waals surface area (Å²) in [6, 6.07) is 9.87. The maximum atomic E-state index is 13.7. The van der Waals surface area contributed by atoms with Gasteiger partial charge < -0.3 is 4.74 Å². The minimum absolute atomic E-state index is 0.183. The Morgan fingerprint density at radius 2 is 1.83 bits per heavy atom. The smallest absolute Gasteiger partial charge is 0.166 e. The number of alkyl halides is 1. The van der Waals surface area contributed by atoms with Crippen LogP contribution in [0.3, 0.4) is 0 Å². The van der Waals surface area contributed by atoms with Gasteiger partial charge in [-0.05, 0) is 36.4 Å². The van der Waals surface area contributed by atoms with Crippen LogP contribution in [0.1, 0.15) is 5.56 Å². The Kier molecular flexibility index (Phi) is 4.65. The van der Waals surface area contributed by atoms with Gasteiger partial charge in [0.05, 0.1) is 0 Å². The summed E-state index contributed by atoms with van der Waals surface area (Å²) in [4.78, 5) is 0. The summed E-state index contributed by atoms with van der Waals surface area (Å²) in [5.74, 6) is 0.347. The van der Waals surface area contributed by atoms with Crippen molar-refractivity contribution in [3.05, 3.63) is 57.3 Å². The van der Waals surface area contributed by atoms with Gasteiger partial charge >= 0.3 is 0 Å². The van der Waals surface area contributed by atoms with Crippen molar-refractivity contribution in [2.75, 3.05) is 0 Å². The lowest BCUT2D eigenvalue weighted by Crippen LogP contribution is -1.92. The zero-order valence-electron chi connectivity index (χ0n) is 9.09. The second-order valence-electron chi connectivity index (χ2n) is 3.56. The Hall–Kier alpha value is -0.580. The number of hydrogen-bond donors (Lipinski definition) is 0. The molecule has 0 amide bonds. The monoisotopic (exact) mass is 392 g/mol. The van der Waals surface area contributed by atoms with E-state index >= 15 is 0 Å². The molecule has 0 N–H and O–H groups in total. The maximum absolute atomic E-state index is 13.7. The van der Waals surface area contributed by atoms with Gasteiger partial charge in [0, 0.05) is 20.4 Å². The average molecular weight is 394 g/mol. The molecule has 18 heavy (non-hydrogen) atoms. The first-order valence-electron chi connectivity index (χ1n) is 5.07. The molecule has 0 unspecified atom stereocenters. The lowest BCUT2D eigenvalue weighted by atomic mass is 10.2. The molecule has 0 spiro atoms. The highest BCUT2D eigenvalue weighted by atomic mass is 79.9. The third-order valence-corrected chi connectivity index (χ3v) is 3.61. The quantitative estimate of drug-likeness (QED) is 0.587. The largest absolute Gasteiger partial charge is 0.454 e. The third-order valence-electron chi connectivity index (χ3n) is 2.28. The fourth-order valence-electron chi connectivity index (χ4n) is 1.43. The molecule has 2 aromatic carbocycles. The summed E-state index contributed by atoms with van der Waals surface area (Å²) in [7, 11) is 0. The molecule has 0 saturated carbocycles. The molecule has 0 aliphatic rings. The Labute approximate surface area is 126 Å². The van der Waals surface area contributed by atoms with Gasteiger partial charge in [-0.1, -0.05) is 43.5 Å². The molecular weight excluding hydrogens is 386 g/mol. The minimum Gasteiger partial charge on any atom is -0.454 e. The highest BCUT2D eigenvalue weighted by Crippen LogP contribution is 2.31. The first kappa shape index (κ1) is 13.8. The van der Waals surface area contributed by atoms with E-state index in [0.29, 0.717) is 20.6 Å². The molecule has 94 valence electrons. The highest BCUT2D eigenvalue weighted by molar-refractivity contribution is 9.10. The molecule has 0 bridgehead atoms. The molecule has 0 fully saturated rings. The van der Waals surface area contributed by atoms with Gasteiger partial charge in [-0.25, -0.2) is 4.39 Å². The molecule has 0 atom stereocenters. The first-order chi connectivity index (χ1) is 8.60. The zero-order valence-corrected chi connectivity index (χ0v) is 13.0. The molecule has 0 aliphatic carbocycles. The van der Waals surface area contributed by atoms with Crippen LogP contribution in [0.25, 0.3) is 0 Å². The van der Waals surface area contributed by atoms with Gasteiger partial charge in [-0.3, -0.25) is 0 Å². The average Bonchev–Trinajstić information content (AvgIpc) is 2.34. The van der Waals surface area contributed by atoms with Crippen LogP contribution in [0, 0.1) is 5.82 Å². The fourth-order valence-corrected chi connectivity index (χ4v) is 2.39. The number of benzene rings is 2. The SMILES string of the molecule is Fc1cc(Br)ccc1Oc1ccc(Cl)cc1CBr. The van der Waals surface area contributed by atoms with Crippen LogP contribution in [0.15, 0.2) is 40.9 Å². The maximum Gasteiger partial charge on any atom is 0.166 e. The van der Waals surface area contributed by atoms with E-state index in [1.807, 2.05) is 0 Å². The van der Waals surface area contributed by atoms with E-state index in [1.165, 1.54) is 6.07 Å². The van der Waals surface area contributed by atoms with Crippen molar-refractivity contribution >= 4 is 43.5 Å². The first-order valence-corrected chi connectivity index (χ1v) is 7.36. The highest BCUT2D eigenvalue weighted by Gasteiger charge is 2.09. The molecule has 0 saturated heterocycles. The van der Waals surface area contributed by atoms with Gasteiger partial charge in [0.15, 0.2) is 11.6 Å². The van der Waals surface area contributed by atoms with Crippen molar-refractivity contribution in [3.8, 4) is 11.5 Å². The van der Waals surface area contributed by atoms with Gasteiger partial charge in [0.1, 0.15) is 5.75 Å². The Morgan fingerprint density at radius 1 is 1.11 bits per heavy atom. The van der Waals surface area contributed by atoms with Crippen LogP contribution in [0.5, 0.6) is 11.5 Å². The Balaban J connectivity index is 2.33. The van der Waals surface area contributed by atoms with Crippen LogP contribution in [-0.2, 0) is 5.33 Å². The fraction of sp³-hybridized carbons (Fsp3) is 0.0769. The minimum atomic E-state index is -0.417. The molecule has 5 heteroatoms. The molecule has 2 aromatic rings. The van der Waals surface area contributed by atoms with Crippen molar-refractivity contribution in [1.29, 1.82) is 0 Å². The van der Waals surface area contributed by atoms with E-state index in [-0.39, 0.29) is 5.75 Å². The number of hydrogen-bond acceptors (Lipinski definition) is 1. The van der Waals surface area contributed by atoms with Crippen LogP contribution in [-0.4, -0.2) is 0 Å². The molecule has 0 heterocycles. The van der Waals surface area contributed by atoms with Gasteiger partial charge in [-0.15, -0.1) is 0 Å². The van der Waals surface area contributed by atoms with Crippen LogP contribution in [0.2, 0.25) is 5.02 Å². The zero-order chi connectivity index (χ0) is 13.1. The van der Waals surface area contributed by atoms with E-state index in [2.05, 4.69) is 31.9 Å². The number of rotatable bonds is 3. The predicted molar refractivity (Wildman–Crippen MR) is 78.3 cm³/mol. The molecule has 1 nitrogen and oxygen atoms in total. The normalized spacial score (nSPS) is 10.4. The molecule has 0 radical (unpaired) electrons. The van der Waals surface area contributed by atoms with Crippen molar-refractivity contribution in [2.24, 2.45) is 0 Å². The molecule has 0 aliphatic heterocycles. The topological polar surface area (TPSA) is 9.23 Å². The van der Waals surface area contributed by atoms with Crippen molar-refractivity contribution in [3.63, 3.8) is 0 Å². The van der Waals surface area contributed by atoms with E-state index in [0.717, 1.165) is 5.56 Å². The van der Waals surface area contributed by atoms with Crippen LogP contribution in [0.4, 0.5) is 4.39 Å². The van der Waals surface area contributed by atoms with E-state index in [4.69, 9.17) is 16.3 Å². The lowest BCUT2D eigenvalue weighted by Gasteiger charge is -2.10. The molecule has 0 aromatic heterocycles. The van der Waals surface area contributed by atoms with E-state index in [1.54, 1.807) is 30.3 Å². The Bertz CT molecular complexity index is 575. The number of ether oxygens (including phenoxy) is 1. The molecular formula is C13H8Br2ClFO. The van der Waals surface area contributed by atoms with Gasteiger partial charge in [0.2, 0.25) is 0 Å². The van der Waals surface area contributed by atoms with Gasteiger partial charge in [-0.2, -0.15) is 0 Å². The van der Waals surface area contributed by atoms with E-state index < -0.39 is 5.82 Å². The summed E-state index contributed by atoms with van der Waals surface area (Å²) >= 11 is 12.4. The van der Waals surface area contributed by atoms with Gasteiger partial charge in [0.25, 0.3) is 0 Å². The van der Waals surface area contributed by atoms with Crippen molar-refractivity contribution in [2.45, 2.75) is 5.33 Å². The molecule has 2 rings (SSSR count). The standard InChI is InChI=1S/C13H8Br2ClFO/c14-7-8-5-10(16)2-4-12(8)18-13-3-1-9(15)6-11(13)17/h1-6H,7H2. The lowest BCUT2D eigenvalue weighted by molar-refractivity contribution is 0.439.